The van der Waals surface area contributed by atoms with Crippen molar-refractivity contribution in [1.82, 2.24) is 9.66 Å². The molecule has 0 spiro atoms. The van der Waals surface area contributed by atoms with Gasteiger partial charge in [0.25, 0.3) is 5.56 Å². The van der Waals surface area contributed by atoms with E-state index in [1.807, 2.05) is 12.1 Å². The van der Waals surface area contributed by atoms with Crippen molar-refractivity contribution in [1.29, 1.82) is 0 Å². The molecule has 3 aromatic rings. The molecule has 1 aromatic heterocycles. The van der Waals surface area contributed by atoms with Gasteiger partial charge in [-0.15, -0.1) is 0 Å². The van der Waals surface area contributed by atoms with Crippen LogP contribution in [0.1, 0.15) is 38.1 Å². The molecule has 0 amide bonds. The molecular formula is C24H26BrN3O5. The fraction of sp³-hybridized carbons (Fsp3) is 0.333. The largest absolute Gasteiger partial charge is 0.493 e. The van der Waals surface area contributed by atoms with Crippen molar-refractivity contribution in [2.45, 2.75) is 33.1 Å². The van der Waals surface area contributed by atoms with Crippen molar-refractivity contribution in [3.05, 3.63) is 62.6 Å². The van der Waals surface area contributed by atoms with Crippen molar-refractivity contribution >= 4 is 39.0 Å². The second-order valence-corrected chi connectivity index (χ2v) is 8.04. The molecule has 0 atom stereocenters. The third kappa shape index (κ3) is 5.98. The molecule has 8 nitrogen and oxygen atoms in total. The summed E-state index contributed by atoms with van der Waals surface area (Å²) in [5, 5.41) is 4.92. The maximum Gasteiger partial charge on any atom is 0.344 e. The number of hydrogen-bond donors (Lipinski definition) is 0. The van der Waals surface area contributed by atoms with Crippen LogP contribution in [0.2, 0.25) is 0 Å². The van der Waals surface area contributed by atoms with Crippen LogP contribution >= 0.6 is 15.9 Å². The van der Waals surface area contributed by atoms with Gasteiger partial charge in [-0.1, -0.05) is 35.3 Å². The van der Waals surface area contributed by atoms with Gasteiger partial charge in [-0.05, 0) is 43.7 Å². The normalized spacial score (nSPS) is 11.2. The van der Waals surface area contributed by atoms with Gasteiger partial charge in [0, 0.05) is 16.5 Å². The molecule has 3 rings (SSSR count). The number of methoxy groups -OCH3 is 1. The van der Waals surface area contributed by atoms with Gasteiger partial charge in [-0.25, -0.2) is 9.78 Å². The Morgan fingerprint density at radius 1 is 1.24 bits per heavy atom. The molecule has 33 heavy (non-hydrogen) atoms. The summed E-state index contributed by atoms with van der Waals surface area (Å²) in [6, 6.07) is 10.6. The van der Waals surface area contributed by atoms with Gasteiger partial charge in [-0.3, -0.25) is 4.79 Å². The number of aromatic nitrogens is 2. The van der Waals surface area contributed by atoms with E-state index >= 15 is 0 Å². The number of fused-ring (bicyclic) bond motifs is 1. The molecule has 0 N–H and O–H groups in total. The lowest BCUT2D eigenvalue weighted by Crippen LogP contribution is -2.22. The average Bonchev–Trinajstić information content (AvgIpc) is 2.81. The summed E-state index contributed by atoms with van der Waals surface area (Å²) in [6.45, 7) is 3.79. The van der Waals surface area contributed by atoms with Crippen LogP contribution < -0.4 is 15.0 Å². The van der Waals surface area contributed by atoms with E-state index in [9.17, 15) is 9.59 Å². The fourth-order valence-corrected chi connectivity index (χ4v) is 3.57. The minimum absolute atomic E-state index is 0.261. The number of hydrogen-bond acceptors (Lipinski definition) is 7. The zero-order valence-corrected chi connectivity index (χ0v) is 20.4. The van der Waals surface area contributed by atoms with Crippen LogP contribution in [-0.4, -0.2) is 42.2 Å². The van der Waals surface area contributed by atoms with Crippen LogP contribution in [0.25, 0.3) is 10.9 Å². The second kappa shape index (κ2) is 11.6. The molecule has 0 radical (unpaired) electrons. The van der Waals surface area contributed by atoms with E-state index in [1.165, 1.54) is 18.0 Å². The highest BCUT2D eigenvalue weighted by molar-refractivity contribution is 9.10. The van der Waals surface area contributed by atoms with Gasteiger partial charge >= 0.3 is 5.97 Å². The standard InChI is InChI=1S/C24H26BrN3O5/c1-4-6-10-21-27-19-12-11-17(25)13-18(19)24(30)28(21)26-14-16-8-7-9-20(31-3)23(16)33-15-22(29)32-5-2/h7-9,11-14H,4-6,10,15H2,1-3H3. The Morgan fingerprint density at radius 2 is 2.06 bits per heavy atom. The zero-order chi connectivity index (χ0) is 23.8. The van der Waals surface area contributed by atoms with E-state index in [0.29, 0.717) is 40.2 Å². The number of para-hydroxylation sites is 1. The second-order valence-electron chi connectivity index (χ2n) is 7.13. The van der Waals surface area contributed by atoms with Crippen LogP contribution in [0.4, 0.5) is 0 Å². The molecule has 1 heterocycles. The van der Waals surface area contributed by atoms with Gasteiger partial charge < -0.3 is 14.2 Å². The van der Waals surface area contributed by atoms with Crippen molar-refractivity contribution in [3.8, 4) is 11.5 Å². The van der Waals surface area contributed by atoms with E-state index in [2.05, 4.69) is 32.9 Å². The maximum absolute atomic E-state index is 13.3. The highest BCUT2D eigenvalue weighted by Gasteiger charge is 2.14. The van der Waals surface area contributed by atoms with Crippen molar-refractivity contribution in [3.63, 3.8) is 0 Å². The number of esters is 1. The first-order valence-corrected chi connectivity index (χ1v) is 11.5. The first-order chi connectivity index (χ1) is 16.0. The Bertz CT molecular complexity index is 1220. The number of carbonyl (C=O) groups is 1. The topological polar surface area (TPSA) is 92.0 Å². The lowest BCUT2D eigenvalue weighted by molar-refractivity contribution is -0.145. The third-order valence-corrected chi connectivity index (χ3v) is 5.30. The average molecular weight is 516 g/mol. The summed E-state index contributed by atoms with van der Waals surface area (Å²) >= 11 is 3.41. The predicted octanol–water partition coefficient (Wildman–Crippen LogP) is 4.33. The van der Waals surface area contributed by atoms with Crippen LogP contribution in [0.5, 0.6) is 11.5 Å². The molecule has 0 aliphatic carbocycles. The summed E-state index contributed by atoms with van der Waals surface area (Å²) in [7, 11) is 1.51. The lowest BCUT2D eigenvalue weighted by Gasteiger charge is -2.13. The van der Waals surface area contributed by atoms with Gasteiger partial charge in [0.1, 0.15) is 5.82 Å². The lowest BCUT2D eigenvalue weighted by atomic mass is 10.2. The quantitative estimate of drug-likeness (QED) is 0.294. The molecule has 174 valence electrons. The highest BCUT2D eigenvalue weighted by atomic mass is 79.9. The summed E-state index contributed by atoms with van der Waals surface area (Å²) < 4.78 is 18.1. The minimum Gasteiger partial charge on any atom is -0.493 e. The number of rotatable bonds is 10. The van der Waals surface area contributed by atoms with Crippen molar-refractivity contribution < 1.29 is 19.0 Å². The van der Waals surface area contributed by atoms with Crippen LogP contribution in [0.15, 0.2) is 50.8 Å². The van der Waals surface area contributed by atoms with Gasteiger partial charge in [0.15, 0.2) is 18.1 Å². The SMILES string of the molecule is CCCCc1nc2ccc(Br)cc2c(=O)n1N=Cc1cccc(OC)c1OCC(=O)OCC. The van der Waals surface area contributed by atoms with Gasteiger partial charge in [0.2, 0.25) is 0 Å². The number of benzene rings is 2. The number of halogens is 1. The number of unbranched alkanes of at least 4 members (excludes halogenated alkanes) is 1. The molecule has 9 heteroatoms. The Kier molecular flexibility index (Phi) is 8.59. The van der Waals surface area contributed by atoms with Crippen LogP contribution in [-0.2, 0) is 16.0 Å². The summed E-state index contributed by atoms with van der Waals surface area (Å²) in [6.07, 6.45) is 3.95. The molecule has 0 aliphatic rings. The Hall–Kier alpha value is -3.20. The summed E-state index contributed by atoms with van der Waals surface area (Å²) in [5.41, 5.74) is 0.905. The maximum atomic E-state index is 13.3. The van der Waals surface area contributed by atoms with E-state index < -0.39 is 5.97 Å². The highest BCUT2D eigenvalue weighted by Crippen LogP contribution is 2.30. The van der Waals surface area contributed by atoms with Crippen molar-refractivity contribution in [2.75, 3.05) is 20.3 Å². The fourth-order valence-electron chi connectivity index (χ4n) is 3.21. The van der Waals surface area contributed by atoms with Gasteiger partial charge in [-0.2, -0.15) is 9.78 Å². The number of nitrogens with zero attached hydrogens (tertiary/aromatic N) is 3. The summed E-state index contributed by atoms with van der Waals surface area (Å²) in [5.74, 6) is 0.845. The first kappa shape index (κ1) is 24.4. The molecule has 2 aromatic carbocycles. The molecular weight excluding hydrogens is 490 g/mol. The van der Waals surface area contributed by atoms with Gasteiger partial charge in [0.05, 0.1) is 30.8 Å². The van der Waals surface area contributed by atoms with E-state index in [4.69, 9.17) is 14.2 Å². The van der Waals surface area contributed by atoms with Crippen LogP contribution in [0.3, 0.4) is 0 Å². The molecule has 0 saturated heterocycles. The van der Waals surface area contributed by atoms with Crippen molar-refractivity contribution in [2.24, 2.45) is 5.10 Å². The molecule has 0 fully saturated rings. The Labute approximate surface area is 200 Å². The monoisotopic (exact) mass is 515 g/mol. The molecule has 0 bridgehead atoms. The van der Waals surface area contributed by atoms with E-state index in [1.54, 1.807) is 31.2 Å². The molecule has 0 saturated carbocycles. The summed E-state index contributed by atoms with van der Waals surface area (Å²) in [4.78, 5) is 29.7. The third-order valence-electron chi connectivity index (χ3n) is 4.81. The van der Waals surface area contributed by atoms with Crippen LogP contribution in [0, 0.1) is 0 Å². The number of aryl methyl sites for hydroxylation is 1. The number of carbonyl (C=O) groups excluding carboxylic acids is 1. The number of ether oxygens (including phenoxy) is 3. The first-order valence-electron chi connectivity index (χ1n) is 10.7. The minimum atomic E-state index is -0.492. The smallest absolute Gasteiger partial charge is 0.344 e. The molecule has 0 aliphatic heterocycles. The predicted molar refractivity (Wildman–Crippen MR) is 130 cm³/mol. The molecule has 0 unspecified atom stereocenters. The van der Waals surface area contributed by atoms with E-state index in [-0.39, 0.29) is 18.8 Å². The zero-order valence-electron chi connectivity index (χ0n) is 18.8. The Morgan fingerprint density at radius 3 is 2.79 bits per heavy atom. The van der Waals surface area contributed by atoms with E-state index in [0.717, 1.165) is 17.3 Å². The Balaban J connectivity index is 2.05.